The van der Waals surface area contributed by atoms with Gasteiger partial charge in [-0.25, -0.2) is 0 Å². The van der Waals surface area contributed by atoms with Crippen LogP contribution in [-0.4, -0.2) is 44.4 Å². The van der Waals surface area contributed by atoms with Crippen LogP contribution < -0.4 is 10.0 Å². The topological polar surface area (TPSA) is 61.4 Å². The molecule has 0 aromatic carbocycles. The maximum Gasteiger partial charge on any atom is 0.280 e. The first-order chi connectivity index (χ1) is 6.59. The molecular weight excluding hydrogens is 202 g/mol. The molecule has 2 rings (SSSR count). The Hall–Kier alpha value is -0.170. The second-order valence-corrected chi connectivity index (χ2v) is 5.72. The number of rotatable bonds is 3. The van der Waals surface area contributed by atoms with Gasteiger partial charge in [-0.1, -0.05) is 0 Å². The average Bonchev–Trinajstić information content (AvgIpc) is 2.88. The molecule has 1 aliphatic carbocycles. The van der Waals surface area contributed by atoms with Crippen molar-refractivity contribution in [2.75, 3.05) is 19.6 Å². The van der Waals surface area contributed by atoms with Crippen molar-refractivity contribution in [2.24, 2.45) is 0 Å². The van der Waals surface area contributed by atoms with Gasteiger partial charge < -0.3 is 5.32 Å². The first-order valence-electron chi connectivity index (χ1n) is 5.09. The second kappa shape index (κ2) is 3.77. The van der Waals surface area contributed by atoms with Gasteiger partial charge in [-0.15, -0.1) is 0 Å². The highest BCUT2D eigenvalue weighted by molar-refractivity contribution is 7.87. The van der Waals surface area contributed by atoms with Gasteiger partial charge in [0.2, 0.25) is 0 Å². The zero-order chi connectivity index (χ0) is 10.2. The van der Waals surface area contributed by atoms with Crippen molar-refractivity contribution < 1.29 is 8.42 Å². The predicted octanol–water partition coefficient (Wildman–Crippen LogP) is -0.723. The summed E-state index contributed by atoms with van der Waals surface area (Å²) >= 11 is 0. The fourth-order valence-corrected chi connectivity index (χ4v) is 3.33. The maximum absolute atomic E-state index is 11.8. The standard InChI is InChI=1S/C8H17N3O2S/c1-7-6-9-4-5-11(7)14(12,13)10-8-2-3-8/h7-10H,2-6H2,1H3/t7-/m1/s1. The lowest BCUT2D eigenvalue weighted by Crippen LogP contribution is -2.55. The highest BCUT2D eigenvalue weighted by Crippen LogP contribution is 2.21. The number of piperazine rings is 1. The summed E-state index contributed by atoms with van der Waals surface area (Å²) in [4.78, 5) is 0. The van der Waals surface area contributed by atoms with Crippen molar-refractivity contribution in [1.29, 1.82) is 0 Å². The van der Waals surface area contributed by atoms with Gasteiger partial charge in [0.05, 0.1) is 0 Å². The van der Waals surface area contributed by atoms with E-state index in [0.717, 1.165) is 25.9 Å². The van der Waals surface area contributed by atoms with Crippen LogP contribution >= 0.6 is 0 Å². The minimum Gasteiger partial charge on any atom is -0.314 e. The Morgan fingerprint density at radius 2 is 2.14 bits per heavy atom. The van der Waals surface area contributed by atoms with Gasteiger partial charge in [-0.2, -0.15) is 17.4 Å². The van der Waals surface area contributed by atoms with Crippen molar-refractivity contribution in [3.8, 4) is 0 Å². The van der Waals surface area contributed by atoms with E-state index in [1.54, 1.807) is 4.31 Å². The summed E-state index contributed by atoms with van der Waals surface area (Å²) < 4.78 is 27.9. The number of hydrogen-bond acceptors (Lipinski definition) is 3. The van der Waals surface area contributed by atoms with Crippen molar-refractivity contribution in [2.45, 2.75) is 31.8 Å². The van der Waals surface area contributed by atoms with Crippen LogP contribution in [0, 0.1) is 0 Å². The predicted molar refractivity (Wildman–Crippen MR) is 54.1 cm³/mol. The molecule has 0 radical (unpaired) electrons. The molecule has 0 spiro atoms. The van der Waals surface area contributed by atoms with Crippen molar-refractivity contribution >= 4 is 10.2 Å². The van der Waals surface area contributed by atoms with Gasteiger partial charge in [-0.3, -0.25) is 0 Å². The van der Waals surface area contributed by atoms with Crippen LogP contribution in [0.25, 0.3) is 0 Å². The van der Waals surface area contributed by atoms with Gasteiger partial charge in [0.25, 0.3) is 10.2 Å². The number of nitrogens with one attached hydrogen (secondary N) is 2. The minimum absolute atomic E-state index is 0.0556. The molecule has 1 aliphatic heterocycles. The zero-order valence-electron chi connectivity index (χ0n) is 8.36. The van der Waals surface area contributed by atoms with E-state index in [1.165, 1.54) is 0 Å². The molecule has 2 aliphatic rings. The summed E-state index contributed by atoms with van der Waals surface area (Å²) in [5.74, 6) is 0. The van der Waals surface area contributed by atoms with Crippen molar-refractivity contribution in [3.63, 3.8) is 0 Å². The molecule has 14 heavy (non-hydrogen) atoms. The van der Waals surface area contributed by atoms with E-state index < -0.39 is 10.2 Å². The van der Waals surface area contributed by atoms with E-state index in [9.17, 15) is 8.42 Å². The molecule has 1 saturated carbocycles. The van der Waals surface area contributed by atoms with Crippen LogP contribution in [0.3, 0.4) is 0 Å². The van der Waals surface area contributed by atoms with Crippen LogP contribution in [0.4, 0.5) is 0 Å². The van der Waals surface area contributed by atoms with E-state index in [4.69, 9.17) is 0 Å². The lowest BCUT2D eigenvalue weighted by atomic mass is 10.3. The number of hydrogen-bond donors (Lipinski definition) is 2. The summed E-state index contributed by atoms with van der Waals surface area (Å²) in [7, 11) is -3.23. The normalized spacial score (nSPS) is 30.5. The van der Waals surface area contributed by atoms with Crippen molar-refractivity contribution in [1.82, 2.24) is 14.3 Å². The fraction of sp³-hybridized carbons (Fsp3) is 1.00. The molecule has 0 aromatic heterocycles. The van der Waals surface area contributed by atoms with Gasteiger partial charge in [-0.05, 0) is 19.8 Å². The summed E-state index contributed by atoms with van der Waals surface area (Å²) in [6, 6.07) is 0.252. The molecule has 5 nitrogen and oxygen atoms in total. The van der Waals surface area contributed by atoms with E-state index in [1.807, 2.05) is 6.92 Å². The third-order valence-corrected chi connectivity index (χ3v) is 4.43. The van der Waals surface area contributed by atoms with Crippen molar-refractivity contribution in [3.05, 3.63) is 0 Å². The average molecular weight is 219 g/mol. The maximum atomic E-state index is 11.8. The van der Waals surface area contributed by atoms with Gasteiger partial charge >= 0.3 is 0 Å². The minimum atomic E-state index is -3.23. The molecular formula is C8H17N3O2S. The molecule has 1 atom stereocenters. The highest BCUT2D eigenvalue weighted by Gasteiger charge is 2.34. The Kier molecular flexibility index (Phi) is 2.79. The molecule has 0 bridgehead atoms. The second-order valence-electron chi connectivity index (χ2n) is 4.06. The van der Waals surface area contributed by atoms with Crippen LogP contribution in [-0.2, 0) is 10.2 Å². The fourth-order valence-electron chi connectivity index (χ4n) is 1.66. The summed E-state index contributed by atoms with van der Waals surface area (Å²) in [6.07, 6.45) is 1.97. The van der Waals surface area contributed by atoms with Crippen LogP contribution in [0.1, 0.15) is 19.8 Å². The Bertz CT molecular complexity index is 300. The van der Waals surface area contributed by atoms with Crippen LogP contribution in [0.15, 0.2) is 0 Å². The van der Waals surface area contributed by atoms with E-state index in [-0.39, 0.29) is 12.1 Å². The molecule has 2 fully saturated rings. The molecule has 2 N–H and O–H groups in total. The highest BCUT2D eigenvalue weighted by atomic mass is 32.2. The third kappa shape index (κ3) is 2.25. The molecule has 82 valence electrons. The number of nitrogens with zero attached hydrogens (tertiary/aromatic N) is 1. The summed E-state index contributed by atoms with van der Waals surface area (Å²) in [5.41, 5.74) is 0. The van der Waals surface area contributed by atoms with Crippen LogP contribution in [0.2, 0.25) is 0 Å². The molecule has 0 amide bonds. The van der Waals surface area contributed by atoms with Gasteiger partial charge in [0.15, 0.2) is 0 Å². The summed E-state index contributed by atoms with van der Waals surface area (Å²) in [5, 5.41) is 3.17. The van der Waals surface area contributed by atoms with Gasteiger partial charge in [0.1, 0.15) is 0 Å². The largest absolute Gasteiger partial charge is 0.314 e. The van der Waals surface area contributed by atoms with Crippen LogP contribution in [0.5, 0.6) is 0 Å². The zero-order valence-corrected chi connectivity index (χ0v) is 9.18. The smallest absolute Gasteiger partial charge is 0.280 e. The molecule has 6 heteroatoms. The SMILES string of the molecule is C[C@@H]1CNCCN1S(=O)(=O)NC1CC1. The summed E-state index contributed by atoms with van der Waals surface area (Å²) in [6.45, 7) is 3.99. The lowest BCUT2D eigenvalue weighted by Gasteiger charge is -2.32. The quantitative estimate of drug-likeness (QED) is 0.658. The van der Waals surface area contributed by atoms with E-state index >= 15 is 0 Å². The Balaban J connectivity index is 2.02. The monoisotopic (exact) mass is 219 g/mol. The first kappa shape index (κ1) is 10.4. The molecule has 0 unspecified atom stereocenters. The molecule has 0 aromatic rings. The lowest BCUT2D eigenvalue weighted by molar-refractivity contribution is 0.280. The molecule has 1 heterocycles. The van der Waals surface area contributed by atoms with Gasteiger partial charge in [0, 0.05) is 31.7 Å². The Morgan fingerprint density at radius 1 is 1.43 bits per heavy atom. The van der Waals surface area contributed by atoms with E-state index in [2.05, 4.69) is 10.0 Å². The van der Waals surface area contributed by atoms with E-state index in [0.29, 0.717) is 6.54 Å². The Morgan fingerprint density at radius 3 is 2.71 bits per heavy atom. The molecule has 1 saturated heterocycles. The Labute approximate surface area is 85.0 Å². The first-order valence-corrected chi connectivity index (χ1v) is 6.53. The third-order valence-electron chi connectivity index (χ3n) is 2.64.